The largest absolute Gasteiger partial charge is 0.478 e. The summed E-state index contributed by atoms with van der Waals surface area (Å²) in [5.74, 6) is -6.39. The Morgan fingerprint density at radius 2 is 1.08 bits per heavy atom. The number of rotatable bonds is 4. The molecule has 0 bridgehead atoms. The van der Waals surface area contributed by atoms with Crippen LogP contribution in [0, 0.1) is 11.6 Å². The van der Waals surface area contributed by atoms with Gasteiger partial charge in [-0.25, -0.2) is 23.2 Å². The highest BCUT2D eigenvalue weighted by molar-refractivity contribution is 5.94. The van der Waals surface area contributed by atoms with Crippen molar-refractivity contribution < 1.29 is 43.6 Å². The van der Waals surface area contributed by atoms with Crippen molar-refractivity contribution in [2.24, 2.45) is 0 Å². The summed E-state index contributed by atoms with van der Waals surface area (Å²) < 4.78 is 26.0. The summed E-state index contributed by atoms with van der Waals surface area (Å²) in [6.45, 7) is -0.493. The normalized spacial score (nSPS) is 9.72. The van der Waals surface area contributed by atoms with Gasteiger partial charge < -0.3 is 20.4 Å². The number of aromatic carboxylic acids is 3. The molecule has 0 spiro atoms. The smallest absolute Gasteiger partial charge is 0.338 e. The molecule has 0 aromatic heterocycles. The summed E-state index contributed by atoms with van der Waals surface area (Å²) in [7, 11) is 0. The Hall–Kier alpha value is -3.33. The van der Waals surface area contributed by atoms with Gasteiger partial charge in [-0.15, -0.1) is 0 Å². The molecular formula is C16H12F2O7. The number of aliphatic hydroxyl groups is 1. The zero-order chi connectivity index (χ0) is 19.1. The number of aliphatic hydroxyl groups excluding tert-OH is 1. The number of hydrogen-bond acceptors (Lipinski definition) is 4. The van der Waals surface area contributed by atoms with Crippen molar-refractivity contribution >= 4 is 17.9 Å². The molecule has 132 valence electrons. The molecule has 0 saturated heterocycles. The molecule has 0 unspecified atom stereocenters. The minimum absolute atomic E-state index is 0.00472. The van der Waals surface area contributed by atoms with Crippen LogP contribution in [0.25, 0.3) is 0 Å². The molecule has 0 heterocycles. The van der Waals surface area contributed by atoms with Gasteiger partial charge >= 0.3 is 17.9 Å². The monoisotopic (exact) mass is 354 g/mol. The number of hydrogen-bond donors (Lipinski definition) is 4. The van der Waals surface area contributed by atoms with Gasteiger partial charge in [-0.05, 0) is 18.2 Å². The fourth-order valence-corrected chi connectivity index (χ4v) is 1.73. The zero-order valence-electron chi connectivity index (χ0n) is 12.4. The second-order valence-electron chi connectivity index (χ2n) is 4.52. The van der Waals surface area contributed by atoms with Gasteiger partial charge in [0.15, 0.2) is 5.82 Å². The average molecular weight is 354 g/mol. The van der Waals surface area contributed by atoms with Crippen LogP contribution in [0.15, 0.2) is 36.4 Å². The summed E-state index contributed by atoms with van der Waals surface area (Å²) in [5, 5.41) is 33.9. The van der Waals surface area contributed by atoms with Crippen molar-refractivity contribution in [2.75, 3.05) is 0 Å². The average Bonchev–Trinajstić information content (AvgIpc) is 2.55. The fourth-order valence-electron chi connectivity index (χ4n) is 1.73. The number of carbonyl (C=O) groups is 3. The Balaban J connectivity index is 0.000000251. The van der Waals surface area contributed by atoms with E-state index in [1.54, 1.807) is 0 Å². The molecule has 4 N–H and O–H groups in total. The van der Waals surface area contributed by atoms with E-state index in [-0.39, 0.29) is 5.56 Å². The van der Waals surface area contributed by atoms with Crippen LogP contribution in [0.5, 0.6) is 0 Å². The second-order valence-corrected chi connectivity index (χ2v) is 4.52. The summed E-state index contributed by atoms with van der Waals surface area (Å²) in [5.41, 5.74) is -1.70. The first-order valence-corrected chi connectivity index (χ1v) is 6.57. The van der Waals surface area contributed by atoms with Crippen molar-refractivity contribution in [1.82, 2.24) is 0 Å². The van der Waals surface area contributed by atoms with Gasteiger partial charge in [-0.1, -0.05) is 18.2 Å². The molecule has 2 rings (SSSR count). The Morgan fingerprint density at radius 3 is 1.44 bits per heavy atom. The lowest BCUT2D eigenvalue weighted by Gasteiger charge is -2.00. The molecular weight excluding hydrogens is 342 g/mol. The topological polar surface area (TPSA) is 132 Å². The molecule has 25 heavy (non-hydrogen) atoms. The molecule has 0 amide bonds. The summed E-state index contributed by atoms with van der Waals surface area (Å²) in [4.78, 5) is 31.1. The zero-order valence-corrected chi connectivity index (χ0v) is 12.4. The Labute approximate surface area is 139 Å². The third-order valence-corrected chi connectivity index (χ3v) is 2.94. The highest BCUT2D eigenvalue weighted by Gasteiger charge is 2.17. The van der Waals surface area contributed by atoms with E-state index in [0.29, 0.717) is 0 Å². The first kappa shape index (κ1) is 19.7. The molecule has 0 aliphatic carbocycles. The number of carboxylic acid groups (broad SMARTS) is 3. The highest BCUT2D eigenvalue weighted by atomic mass is 19.1. The number of carboxylic acids is 3. The maximum absolute atomic E-state index is 13.0. The molecule has 0 aliphatic rings. The Morgan fingerprint density at radius 1 is 0.720 bits per heavy atom. The third-order valence-electron chi connectivity index (χ3n) is 2.94. The first-order valence-electron chi connectivity index (χ1n) is 6.57. The van der Waals surface area contributed by atoms with Crippen LogP contribution < -0.4 is 0 Å². The van der Waals surface area contributed by atoms with Gasteiger partial charge in [0.1, 0.15) is 5.82 Å². The van der Waals surface area contributed by atoms with E-state index < -0.39 is 52.8 Å². The van der Waals surface area contributed by atoms with Crippen molar-refractivity contribution in [3.63, 3.8) is 0 Å². The minimum Gasteiger partial charge on any atom is -0.478 e. The van der Waals surface area contributed by atoms with Crippen LogP contribution in [0.4, 0.5) is 8.78 Å². The summed E-state index contributed by atoms with van der Waals surface area (Å²) >= 11 is 0. The van der Waals surface area contributed by atoms with Crippen molar-refractivity contribution in [3.05, 3.63) is 70.3 Å². The lowest BCUT2D eigenvalue weighted by atomic mass is 10.1. The number of benzene rings is 2. The molecule has 0 radical (unpaired) electrons. The molecule has 2 aromatic carbocycles. The molecule has 0 aliphatic heterocycles. The van der Waals surface area contributed by atoms with Crippen molar-refractivity contribution in [3.8, 4) is 0 Å². The SMILES string of the molecule is O=C(O)c1cccc(C(=O)O)c1F.O=C(O)c1cccc(CO)c1F. The molecule has 0 atom stereocenters. The third kappa shape index (κ3) is 4.82. The lowest BCUT2D eigenvalue weighted by molar-refractivity contribution is 0.0673. The predicted octanol–water partition coefficient (Wildman–Crippen LogP) is 2.24. The minimum atomic E-state index is -1.49. The molecule has 2 aromatic rings. The standard InChI is InChI=1S/C8H5FO4.C8H7FO3/c9-6-4(7(10)11)2-1-3-5(6)8(12)13;9-7-5(4-10)2-1-3-6(7)8(11)12/h1-3H,(H,10,11)(H,12,13);1-3,10H,4H2,(H,11,12). The quantitative estimate of drug-likeness (QED) is 0.662. The van der Waals surface area contributed by atoms with E-state index in [2.05, 4.69) is 0 Å². The van der Waals surface area contributed by atoms with Crippen LogP contribution in [-0.4, -0.2) is 38.3 Å². The maximum atomic E-state index is 13.0. The lowest BCUT2D eigenvalue weighted by Crippen LogP contribution is -2.07. The predicted molar refractivity (Wildman–Crippen MR) is 79.6 cm³/mol. The Bertz CT molecular complexity index is 786. The van der Waals surface area contributed by atoms with Gasteiger partial charge in [0.25, 0.3) is 0 Å². The van der Waals surface area contributed by atoms with E-state index in [1.165, 1.54) is 18.2 Å². The van der Waals surface area contributed by atoms with E-state index in [1.807, 2.05) is 0 Å². The van der Waals surface area contributed by atoms with E-state index in [4.69, 9.17) is 20.4 Å². The van der Waals surface area contributed by atoms with Crippen LogP contribution >= 0.6 is 0 Å². The molecule has 7 nitrogen and oxygen atoms in total. The van der Waals surface area contributed by atoms with Gasteiger partial charge in [0.2, 0.25) is 0 Å². The fraction of sp³-hybridized carbons (Fsp3) is 0.0625. The summed E-state index contributed by atoms with van der Waals surface area (Å²) in [6.07, 6.45) is 0. The molecule has 0 saturated carbocycles. The number of halogens is 2. The second kappa shape index (κ2) is 8.50. The highest BCUT2D eigenvalue weighted by Crippen LogP contribution is 2.13. The van der Waals surface area contributed by atoms with Crippen LogP contribution in [0.1, 0.15) is 36.6 Å². The maximum Gasteiger partial charge on any atom is 0.338 e. The van der Waals surface area contributed by atoms with Gasteiger partial charge in [0.05, 0.1) is 23.3 Å². The van der Waals surface area contributed by atoms with Gasteiger partial charge in [-0.2, -0.15) is 0 Å². The van der Waals surface area contributed by atoms with E-state index in [0.717, 1.165) is 18.2 Å². The Kier molecular flexibility index (Phi) is 6.71. The van der Waals surface area contributed by atoms with E-state index in [9.17, 15) is 23.2 Å². The van der Waals surface area contributed by atoms with Crippen molar-refractivity contribution in [2.45, 2.75) is 6.61 Å². The van der Waals surface area contributed by atoms with Crippen LogP contribution in [0.2, 0.25) is 0 Å². The molecule has 9 heteroatoms. The van der Waals surface area contributed by atoms with E-state index >= 15 is 0 Å². The van der Waals surface area contributed by atoms with Crippen LogP contribution in [0.3, 0.4) is 0 Å². The van der Waals surface area contributed by atoms with Gasteiger partial charge in [-0.3, -0.25) is 0 Å². The summed E-state index contributed by atoms with van der Waals surface area (Å²) in [6, 6.07) is 7.06. The van der Waals surface area contributed by atoms with Crippen molar-refractivity contribution in [1.29, 1.82) is 0 Å². The van der Waals surface area contributed by atoms with Crippen LogP contribution in [-0.2, 0) is 6.61 Å². The van der Waals surface area contributed by atoms with Gasteiger partial charge in [0, 0.05) is 5.56 Å². The molecule has 0 fully saturated rings. The first-order chi connectivity index (χ1) is 11.7.